The molecular weight excluding hydrogens is 450 g/mol. The number of carbonyl (C=O) groups is 4. The first-order chi connectivity index (χ1) is 16.8. The lowest BCUT2D eigenvalue weighted by Gasteiger charge is -2.30. The number of anilines is 1. The summed E-state index contributed by atoms with van der Waals surface area (Å²) in [7, 11) is 1.66. The molecule has 1 atom stereocenters. The maximum atomic E-state index is 12.6. The summed E-state index contributed by atoms with van der Waals surface area (Å²) in [6.07, 6.45) is 6.43. The number of carboxylic acid groups (broad SMARTS) is 1. The molecule has 10 heteroatoms. The van der Waals surface area contributed by atoms with Gasteiger partial charge in [-0.15, -0.1) is 0 Å². The second-order valence-corrected chi connectivity index (χ2v) is 8.87. The summed E-state index contributed by atoms with van der Waals surface area (Å²) in [6.45, 7) is 0.0961. The van der Waals surface area contributed by atoms with Gasteiger partial charge in [0.15, 0.2) is 0 Å². The Morgan fingerprint density at radius 1 is 1.06 bits per heavy atom. The number of aliphatic carboxylic acids is 1. The third-order valence-corrected chi connectivity index (χ3v) is 6.16. The molecule has 1 heterocycles. The number of carbonyl (C=O) groups excluding carboxylic acids is 3. The Bertz CT molecular complexity index is 1030. The summed E-state index contributed by atoms with van der Waals surface area (Å²) in [6, 6.07) is 10.1. The number of nitrogens with one attached hydrogen (secondary N) is 4. The van der Waals surface area contributed by atoms with Gasteiger partial charge in [-0.3, -0.25) is 14.4 Å². The van der Waals surface area contributed by atoms with Gasteiger partial charge in [-0.25, -0.2) is 4.79 Å². The predicted molar refractivity (Wildman–Crippen MR) is 131 cm³/mol. The number of aryl methyl sites for hydroxylation is 1. The number of rotatable bonds is 10. The SMILES string of the molecule is Cn1cc(NC(=O)NCc2ccccc2)cc1C(=O)NCC(=O)NC(CC(=O)O)C1CCCCC1. The highest BCUT2D eigenvalue weighted by Crippen LogP contribution is 2.27. The zero-order valence-electron chi connectivity index (χ0n) is 19.9. The van der Waals surface area contributed by atoms with Crippen LogP contribution in [0.1, 0.15) is 54.6 Å². The Morgan fingerprint density at radius 2 is 1.77 bits per heavy atom. The molecule has 2 aromatic rings. The van der Waals surface area contributed by atoms with E-state index >= 15 is 0 Å². The molecule has 0 radical (unpaired) electrons. The van der Waals surface area contributed by atoms with Crippen LogP contribution in [0.5, 0.6) is 0 Å². The van der Waals surface area contributed by atoms with Crippen molar-refractivity contribution in [2.45, 2.75) is 51.1 Å². The first kappa shape index (κ1) is 25.8. The van der Waals surface area contributed by atoms with E-state index in [0.29, 0.717) is 12.2 Å². The molecule has 3 rings (SSSR count). The fourth-order valence-corrected chi connectivity index (χ4v) is 4.38. The topological polar surface area (TPSA) is 142 Å². The first-order valence-electron chi connectivity index (χ1n) is 11.9. The van der Waals surface area contributed by atoms with Crippen molar-refractivity contribution in [2.24, 2.45) is 13.0 Å². The standard InChI is InChI=1S/C25H33N5O5/c1-30-16-19(28-25(35)27-14-17-8-4-2-5-9-17)12-21(30)24(34)26-15-22(31)29-20(13-23(32)33)18-10-6-3-7-11-18/h2,4-5,8-9,12,16,18,20H,3,6-7,10-11,13-15H2,1H3,(H,26,34)(H,29,31)(H,32,33)(H2,27,28,35). The van der Waals surface area contributed by atoms with E-state index in [2.05, 4.69) is 21.3 Å². The van der Waals surface area contributed by atoms with Crippen molar-refractivity contribution in [3.05, 3.63) is 53.9 Å². The molecule has 1 aromatic heterocycles. The van der Waals surface area contributed by atoms with Crippen molar-refractivity contribution in [3.63, 3.8) is 0 Å². The molecule has 0 spiro atoms. The molecule has 4 amide bonds. The van der Waals surface area contributed by atoms with Crippen molar-refractivity contribution < 1.29 is 24.3 Å². The van der Waals surface area contributed by atoms with Gasteiger partial charge in [-0.2, -0.15) is 0 Å². The summed E-state index contributed by atoms with van der Waals surface area (Å²) in [5, 5.41) is 20.0. The van der Waals surface area contributed by atoms with E-state index < -0.39 is 29.9 Å². The van der Waals surface area contributed by atoms with Gasteiger partial charge in [-0.05, 0) is 30.4 Å². The molecule has 1 aromatic carbocycles. The molecule has 0 aliphatic heterocycles. The maximum absolute atomic E-state index is 12.6. The number of aromatic nitrogens is 1. The first-order valence-corrected chi connectivity index (χ1v) is 11.9. The van der Waals surface area contributed by atoms with E-state index in [1.165, 1.54) is 6.07 Å². The predicted octanol–water partition coefficient (Wildman–Crippen LogP) is 2.62. The third kappa shape index (κ3) is 8.16. The van der Waals surface area contributed by atoms with Crippen molar-refractivity contribution in [1.82, 2.24) is 20.5 Å². The number of hydrogen-bond acceptors (Lipinski definition) is 4. The van der Waals surface area contributed by atoms with Crippen LogP contribution in [-0.4, -0.2) is 46.1 Å². The molecule has 5 N–H and O–H groups in total. The summed E-state index contributed by atoms with van der Waals surface area (Å²) < 4.78 is 1.55. The van der Waals surface area contributed by atoms with Gasteiger partial charge in [-0.1, -0.05) is 49.6 Å². The zero-order chi connectivity index (χ0) is 25.2. The average molecular weight is 484 g/mol. The molecule has 1 fully saturated rings. The van der Waals surface area contributed by atoms with Crippen LogP contribution in [0.25, 0.3) is 0 Å². The average Bonchev–Trinajstić information content (AvgIpc) is 3.21. The third-order valence-electron chi connectivity index (χ3n) is 6.16. The van der Waals surface area contributed by atoms with Crippen LogP contribution in [0.2, 0.25) is 0 Å². The zero-order valence-corrected chi connectivity index (χ0v) is 19.9. The molecule has 1 saturated carbocycles. The van der Waals surface area contributed by atoms with E-state index in [0.717, 1.165) is 37.7 Å². The molecule has 188 valence electrons. The minimum absolute atomic E-state index is 0.133. The van der Waals surface area contributed by atoms with E-state index in [-0.39, 0.29) is 24.6 Å². The fraction of sp³-hybridized carbons (Fsp3) is 0.440. The molecule has 1 aliphatic carbocycles. The Morgan fingerprint density at radius 3 is 2.46 bits per heavy atom. The van der Waals surface area contributed by atoms with Crippen LogP contribution in [0.4, 0.5) is 10.5 Å². The highest BCUT2D eigenvalue weighted by Gasteiger charge is 2.27. The number of amides is 4. The smallest absolute Gasteiger partial charge is 0.319 e. The van der Waals surface area contributed by atoms with E-state index in [9.17, 15) is 24.3 Å². The van der Waals surface area contributed by atoms with E-state index in [1.54, 1.807) is 17.8 Å². The minimum Gasteiger partial charge on any atom is -0.481 e. The van der Waals surface area contributed by atoms with Crippen LogP contribution in [-0.2, 0) is 23.2 Å². The largest absolute Gasteiger partial charge is 0.481 e. The normalized spacial score (nSPS) is 14.5. The second-order valence-electron chi connectivity index (χ2n) is 8.87. The monoisotopic (exact) mass is 483 g/mol. The Kier molecular flexibility index (Phi) is 9.28. The molecule has 1 aliphatic rings. The maximum Gasteiger partial charge on any atom is 0.319 e. The molecular formula is C25H33N5O5. The van der Waals surface area contributed by atoms with E-state index in [1.807, 2.05) is 30.3 Å². The van der Waals surface area contributed by atoms with Gasteiger partial charge in [0.1, 0.15) is 5.69 Å². The van der Waals surface area contributed by atoms with Gasteiger partial charge in [0.2, 0.25) is 5.91 Å². The minimum atomic E-state index is -0.957. The van der Waals surface area contributed by atoms with Crippen LogP contribution < -0.4 is 21.3 Å². The second kappa shape index (κ2) is 12.6. The number of benzene rings is 1. The van der Waals surface area contributed by atoms with Gasteiger partial charge in [0, 0.05) is 25.8 Å². The van der Waals surface area contributed by atoms with Gasteiger partial charge < -0.3 is 30.9 Å². The lowest BCUT2D eigenvalue weighted by Crippen LogP contribution is -2.46. The summed E-state index contributed by atoms with van der Waals surface area (Å²) in [5.74, 6) is -1.73. The molecule has 0 saturated heterocycles. The van der Waals surface area contributed by atoms with Gasteiger partial charge in [0.25, 0.3) is 5.91 Å². The Balaban J connectivity index is 1.48. The Hall–Kier alpha value is -3.82. The van der Waals surface area contributed by atoms with Crippen molar-refractivity contribution in [2.75, 3.05) is 11.9 Å². The van der Waals surface area contributed by atoms with E-state index in [4.69, 9.17) is 0 Å². The highest BCUT2D eigenvalue weighted by atomic mass is 16.4. The van der Waals surface area contributed by atoms with Crippen LogP contribution in [0.3, 0.4) is 0 Å². The van der Waals surface area contributed by atoms with Crippen LogP contribution in [0.15, 0.2) is 42.6 Å². The molecule has 10 nitrogen and oxygen atoms in total. The number of urea groups is 1. The van der Waals surface area contributed by atoms with Crippen LogP contribution in [0, 0.1) is 5.92 Å². The fourth-order valence-electron chi connectivity index (χ4n) is 4.38. The molecule has 0 bridgehead atoms. The van der Waals surface area contributed by atoms with Crippen LogP contribution >= 0.6 is 0 Å². The molecule has 1 unspecified atom stereocenters. The number of carboxylic acids is 1. The highest BCUT2D eigenvalue weighted by molar-refractivity contribution is 5.97. The van der Waals surface area contributed by atoms with Gasteiger partial charge >= 0.3 is 12.0 Å². The summed E-state index contributed by atoms with van der Waals surface area (Å²) >= 11 is 0. The number of hydrogen-bond donors (Lipinski definition) is 5. The lowest BCUT2D eigenvalue weighted by molar-refractivity contribution is -0.138. The quantitative estimate of drug-likeness (QED) is 0.353. The van der Waals surface area contributed by atoms with Gasteiger partial charge in [0.05, 0.1) is 18.7 Å². The van der Waals surface area contributed by atoms with Crippen molar-refractivity contribution in [1.29, 1.82) is 0 Å². The Labute approximate surface area is 204 Å². The lowest BCUT2D eigenvalue weighted by atomic mass is 9.82. The van der Waals surface area contributed by atoms with Crippen molar-refractivity contribution >= 4 is 29.5 Å². The molecule has 35 heavy (non-hydrogen) atoms. The van der Waals surface area contributed by atoms with Crippen molar-refractivity contribution in [3.8, 4) is 0 Å². The summed E-state index contributed by atoms with van der Waals surface area (Å²) in [5.41, 5.74) is 1.67. The number of nitrogens with zero attached hydrogens (tertiary/aromatic N) is 1. The summed E-state index contributed by atoms with van der Waals surface area (Å²) in [4.78, 5) is 48.5.